The number of benzene rings is 2. The number of aryl methyl sites for hydroxylation is 1. The smallest absolute Gasteiger partial charge is 0.420 e. The maximum atomic E-state index is 13.7. The lowest BCUT2D eigenvalue weighted by atomic mass is 10.0. The molecule has 5 nitrogen and oxygen atoms in total. The number of ether oxygens (including phenoxy) is 1. The number of rotatable bonds is 6. The molecule has 2 aromatic carbocycles. The number of nitrogens with one attached hydrogen (secondary N) is 2. The van der Waals surface area contributed by atoms with Crippen LogP contribution in [0.2, 0.25) is 0 Å². The van der Waals surface area contributed by atoms with Gasteiger partial charge in [0.25, 0.3) is 0 Å². The van der Waals surface area contributed by atoms with Crippen molar-refractivity contribution in [3.63, 3.8) is 0 Å². The van der Waals surface area contributed by atoms with Crippen LogP contribution >= 0.6 is 0 Å². The summed E-state index contributed by atoms with van der Waals surface area (Å²) in [6.07, 6.45) is -2.78. The van der Waals surface area contributed by atoms with Gasteiger partial charge in [0, 0.05) is 22.8 Å². The summed E-state index contributed by atoms with van der Waals surface area (Å²) in [4.78, 5) is 13.8. The highest BCUT2D eigenvalue weighted by molar-refractivity contribution is 5.85. The van der Waals surface area contributed by atoms with Crippen LogP contribution in [0.5, 0.6) is 11.5 Å². The molecule has 0 aliphatic carbocycles. The first-order valence-electron chi connectivity index (χ1n) is 9.02. The second-order valence-corrected chi connectivity index (χ2v) is 7.12. The monoisotopic (exact) mass is 406 g/mol. The molecule has 3 N–H and O–H groups in total. The van der Waals surface area contributed by atoms with Crippen molar-refractivity contribution in [1.29, 1.82) is 0 Å². The minimum Gasteiger partial charge on any atom is -0.480 e. The lowest BCUT2D eigenvalue weighted by molar-refractivity contribution is -0.138. The topological polar surface area (TPSA) is 74.3 Å². The van der Waals surface area contributed by atoms with Gasteiger partial charge in [-0.25, -0.2) is 0 Å². The van der Waals surface area contributed by atoms with Gasteiger partial charge in [0.1, 0.15) is 23.6 Å². The van der Waals surface area contributed by atoms with Crippen molar-refractivity contribution in [3.05, 3.63) is 53.2 Å². The van der Waals surface area contributed by atoms with Crippen LogP contribution in [0.1, 0.15) is 36.5 Å². The molecule has 0 fully saturated rings. The minimum absolute atomic E-state index is 0.0627. The zero-order valence-electron chi connectivity index (χ0n) is 16.1. The molecule has 3 rings (SSSR count). The average molecular weight is 406 g/mol. The molecule has 154 valence electrons. The van der Waals surface area contributed by atoms with Gasteiger partial charge in [-0.05, 0) is 54.3 Å². The second-order valence-electron chi connectivity index (χ2n) is 7.12. The predicted molar refractivity (Wildman–Crippen MR) is 105 cm³/mol. The predicted octanol–water partition coefficient (Wildman–Crippen LogP) is 5.91. The third-order valence-electron chi connectivity index (χ3n) is 4.55. The van der Waals surface area contributed by atoms with Crippen molar-refractivity contribution in [1.82, 2.24) is 4.98 Å². The van der Waals surface area contributed by atoms with Gasteiger partial charge < -0.3 is 20.1 Å². The van der Waals surface area contributed by atoms with Gasteiger partial charge in [-0.3, -0.25) is 4.79 Å². The molecular formula is C21H21F3N2O3. The van der Waals surface area contributed by atoms with Crippen LogP contribution in [-0.2, 0) is 11.0 Å². The van der Waals surface area contributed by atoms with Crippen molar-refractivity contribution < 1.29 is 27.8 Å². The van der Waals surface area contributed by atoms with Crippen LogP contribution in [0.15, 0.2) is 36.5 Å². The first-order chi connectivity index (χ1) is 13.6. The van der Waals surface area contributed by atoms with E-state index in [1.54, 1.807) is 18.2 Å². The molecule has 1 aromatic heterocycles. The number of carboxylic acids is 1. The maximum absolute atomic E-state index is 13.7. The summed E-state index contributed by atoms with van der Waals surface area (Å²) < 4.78 is 46.6. The molecule has 0 saturated heterocycles. The van der Waals surface area contributed by atoms with E-state index < -0.39 is 24.3 Å². The van der Waals surface area contributed by atoms with Crippen LogP contribution in [-0.4, -0.2) is 22.6 Å². The molecule has 3 aromatic rings. The van der Waals surface area contributed by atoms with E-state index in [2.05, 4.69) is 10.3 Å². The largest absolute Gasteiger partial charge is 0.480 e. The van der Waals surface area contributed by atoms with Crippen LogP contribution in [0.4, 0.5) is 18.9 Å². The Balaban J connectivity index is 2.02. The highest BCUT2D eigenvalue weighted by Gasteiger charge is 2.36. The van der Waals surface area contributed by atoms with Gasteiger partial charge >= 0.3 is 12.1 Å². The number of alkyl halides is 3. The summed E-state index contributed by atoms with van der Waals surface area (Å²) in [5.41, 5.74) is 1.26. The lowest BCUT2D eigenvalue weighted by Crippen LogP contribution is -2.14. The fourth-order valence-corrected chi connectivity index (χ4v) is 3.18. The van der Waals surface area contributed by atoms with E-state index in [0.29, 0.717) is 5.75 Å². The Hall–Kier alpha value is -3.16. The summed E-state index contributed by atoms with van der Waals surface area (Å²) in [7, 11) is 0. The highest BCUT2D eigenvalue weighted by atomic mass is 19.4. The van der Waals surface area contributed by atoms with Gasteiger partial charge in [0.2, 0.25) is 0 Å². The number of carboxylic acid groups (broad SMARTS) is 1. The lowest BCUT2D eigenvalue weighted by Gasteiger charge is -2.18. The molecule has 0 saturated carbocycles. The van der Waals surface area contributed by atoms with Crippen molar-refractivity contribution in [2.75, 3.05) is 11.9 Å². The number of hydrogen-bond acceptors (Lipinski definition) is 3. The fourth-order valence-electron chi connectivity index (χ4n) is 3.18. The SMILES string of the molecule is Cc1cc(NCC(=O)O)cc(C(F)(F)F)c1Oc1ccc2[nH]cc(C(C)C)c2c1. The summed E-state index contributed by atoms with van der Waals surface area (Å²) >= 11 is 0. The number of hydrogen-bond donors (Lipinski definition) is 3. The quantitative estimate of drug-likeness (QED) is 0.476. The molecule has 0 atom stereocenters. The molecule has 8 heteroatoms. The Morgan fingerprint density at radius 1 is 1.24 bits per heavy atom. The first-order valence-corrected chi connectivity index (χ1v) is 9.02. The van der Waals surface area contributed by atoms with E-state index in [0.717, 1.165) is 22.5 Å². The first kappa shape index (κ1) is 20.6. The third-order valence-corrected chi connectivity index (χ3v) is 4.55. The van der Waals surface area contributed by atoms with Gasteiger partial charge in [-0.15, -0.1) is 0 Å². The Labute approximate surface area is 165 Å². The van der Waals surface area contributed by atoms with Crippen molar-refractivity contribution in [2.45, 2.75) is 32.9 Å². The molecule has 29 heavy (non-hydrogen) atoms. The van der Waals surface area contributed by atoms with Crippen LogP contribution < -0.4 is 10.1 Å². The standard InChI is InChI=1S/C21H21F3N2O3/c1-11(2)16-9-26-18-5-4-14(8-15(16)18)29-20-12(3)6-13(25-10-19(27)28)7-17(20)21(22,23)24/h4-9,11,25-26H,10H2,1-3H3,(H,27,28). The molecular weight excluding hydrogens is 385 g/mol. The number of anilines is 1. The van der Waals surface area contributed by atoms with E-state index >= 15 is 0 Å². The number of fused-ring (bicyclic) bond motifs is 1. The molecule has 0 radical (unpaired) electrons. The summed E-state index contributed by atoms with van der Waals surface area (Å²) in [6, 6.07) is 7.39. The molecule has 0 unspecified atom stereocenters. The number of H-pyrrole nitrogens is 1. The number of halogens is 3. The van der Waals surface area contributed by atoms with Crippen molar-refractivity contribution in [3.8, 4) is 11.5 Å². The molecule has 0 spiro atoms. The van der Waals surface area contributed by atoms with E-state index in [1.807, 2.05) is 20.0 Å². The van der Waals surface area contributed by atoms with Crippen LogP contribution in [0.25, 0.3) is 10.9 Å². The average Bonchev–Trinajstić information content (AvgIpc) is 3.04. The van der Waals surface area contributed by atoms with E-state index in [4.69, 9.17) is 9.84 Å². The fraction of sp³-hybridized carbons (Fsp3) is 0.286. The highest BCUT2D eigenvalue weighted by Crippen LogP contribution is 2.42. The summed E-state index contributed by atoms with van der Waals surface area (Å²) in [5.74, 6) is -0.943. The van der Waals surface area contributed by atoms with Gasteiger partial charge in [-0.2, -0.15) is 13.2 Å². The Morgan fingerprint density at radius 2 is 1.97 bits per heavy atom. The molecule has 0 bridgehead atoms. The van der Waals surface area contributed by atoms with Gasteiger partial charge in [0.05, 0.1) is 0 Å². The zero-order valence-corrected chi connectivity index (χ0v) is 16.1. The summed E-state index contributed by atoms with van der Waals surface area (Å²) in [6.45, 7) is 5.07. The summed E-state index contributed by atoms with van der Waals surface area (Å²) in [5, 5.41) is 12.1. The van der Waals surface area contributed by atoms with E-state index in [9.17, 15) is 18.0 Å². The van der Waals surface area contributed by atoms with Gasteiger partial charge in [-0.1, -0.05) is 13.8 Å². The second kappa shape index (κ2) is 7.69. The molecule has 1 heterocycles. The van der Waals surface area contributed by atoms with E-state index in [-0.39, 0.29) is 22.9 Å². The number of aromatic amines is 1. The zero-order chi connectivity index (χ0) is 21.3. The Kier molecular flexibility index (Phi) is 5.46. The molecule has 0 amide bonds. The minimum atomic E-state index is -4.66. The normalized spacial score (nSPS) is 11.8. The molecule has 0 aliphatic heterocycles. The van der Waals surface area contributed by atoms with Crippen LogP contribution in [0, 0.1) is 6.92 Å². The Bertz CT molecular complexity index is 1060. The number of aromatic nitrogens is 1. The van der Waals surface area contributed by atoms with Crippen molar-refractivity contribution in [2.24, 2.45) is 0 Å². The number of aliphatic carboxylic acids is 1. The van der Waals surface area contributed by atoms with E-state index in [1.165, 1.54) is 13.0 Å². The third kappa shape index (κ3) is 4.47. The van der Waals surface area contributed by atoms with Gasteiger partial charge in [0.15, 0.2) is 0 Å². The van der Waals surface area contributed by atoms with Crippen LogP contribution in [0.3, 0.4) is 0 Å². The molecule has 0 aliphatic rings. The maximum Gasteiger partial charge on any atom is 0.420 e. The number of carbonyl (C=O) groups is 1. The van der Waals surface area contributed by atoms with Crippen molar-refractivity contribution >= 4 is 22.6 Å². The Morgan fingerprint density at radius 3 is 2.59 bits per heavy atom.